The summed E-state index contributed by atoms with van der Waals surface area (Å²) >= 11 is 6.18. The van der Waals surface area contributed by atoms with Crippen LogP contribution in [-0.2, 0) is 4.79 Å². The van der Waals surface area contributed by atoms with Gasteiger partial charge in [-0.1, -0.05) is 29.8 Å². The number of pyridine rings is 1. The number of hydrogen-bond donors (Lipinski definition) is 1. The summed E-state index contributed by atoms with van der Waals surface area (Å²) in [6.45, 7) is 0. The van der Waals surface area contributed by atoms with Crippen molar-refractivity contribution in [3.63, 3.8) is 0 Å². The molecule has 1 aliphatic carbocycles. The molecule has 1 amide bonds. The van der Waals surface area contributed by atoms with Crippen LogP contribution in [0.1, 0.15) is 17.9 Å². The van der Waals surface area contributed by atoms with Gasteiger partial charge in [0.25, 0.3) is 0 Å². The Hall–Kier alpha value is -2.07. The van der Waals surface area contributed by atoms with Crippen molar-refractivity contribution in [3.8, 4) is 5.88 Å². The van der Waals surface area contributed by atoms with E-state index in [-0.39, 0.29) is 17.7 Å². The van der Waals surface area contributed by atoms with E-state index < -0.39 is 0 Å². The highest BCUT2D eigenvalue weighted by Gasteiger charge is 2.44. The van der Waals surface area contributed by atoms with Gasteiger partial charge in [-0.3, -0.25) is 4.79 Å². The zero-order chi connectivity index (χ0) is 14.8. The Morgan fingerprint density at radius 3 is 2.90 bits per heavy atom. The summed E-state index contributed by atoms with van der Waals surface area (Å²) in [5.41, 5.74) is 1.63. The van der Waals surface area contributed by atoms with Gasteiger partial charge in [-0.15, -0.1) is 0 Å². The second-order valence-corrected chi connectivity index (χ2v) is 5.43. The molecule has 1 N–H and O–H groups in total. The number of anilines is 1. The van der Waals surface area contributed by atoms with E-state index in [9.17, 15) is 4.79 Å². The first kappa shape index (κ1) is 13.9. The molecule has 4 nitrogen and oxygen atoms in total. The summed E-state index contributed by atoms with van der Waals surface area (Å²) < 4.78 is 5.13. The minimum Gasteiger partial charge on any atom is -0.480 e. The van der Waals surface area contributed by atoms with Crippen LogP contribution >= 0.6 is 11.6 Å². The highest BCUT2D eigenvalue weighted by Crippen LogP contribution is 2.50. The molecule has 0 bridgehead atoms. The fourth-order valence-electron chi connectivity index (χ4n) is 2.48. The Morgan fingerprint density at radius 1 is 1.33 bits per heavy atom. The zero-order valence-electron chi connectivity index (χ0n) is 11.5. The second-order valence-electron chi connectivity index (χ2n) is 5.02. The maximum atomic E-state index is 12.3. The van der Waals surface area contributed by atoms with Crippen LogP contribution in [0.25, 0.3) is 0 Å². The summed E-state index contributed by atoms with van der Waals surface area (Å²) in [7, 11) is 1.53. The predicted octanol–water partition coefficient (Wildman–Crippen LogP) is 3.49. The number of carbonyl (C=O) groups is 1. The lowest BCUT2D eigenvalue weighted by molar-refractivity contribution is -0.117. The van der Waals surface area contributed by atoms with Gasteiger partial charge in [0.2, 0.25) is 11.8 Å². The van der Waals surface area contributed by atoms with Crippen LogP contribution < -0.4 is 10.1 Å². The van der Waals surface area contributed by atoms with Gasteiger partial charge in [0.05, 0.1) is 7.11 Å². The maximum absolute atomic E-state index is 12.3. The van der Waals surface area contributed by atoms with Crippen molar-refractivity contribution in [2.24, 2.45) is 5.92 Å². The summed E-state index contributed by atoms with van der Waals surface area (Å²) in [6, 6.07) is 11.2. The van der Waals surface area contributed by atoms with E-state index in [1.54, 1.807) is 18.3 Å². The first-order chi connectivity index (χ1) is 10.2. The van der Waals surface area contributed by atoms with Crippen LogP contribution in [0.5, 0.6) is 5.88 Å². The van der Waals surface area contributed by atoms with Crippen molar-refractivity contribution >= 4 is 23.2 Å². The third kappa shape index (κ3) is 2.85. The molecule has 1 aromatic heterocycles. The van der Waals surface area contributed by atoms with Gasteiger partial charge < -0.3 is 10.1 Å². The zero-order valence-corrected chi connectivity index (χ0v) is 12.3. The summed E-state index contributed by atoms with van der Waals surface area (Å²) in [5, 5.41) is 3.59. The van der Waals surface area contributed by atoms with Crippen LogP contribution in [0.4, 0.5) is 5.69 Å². The fraction of sp³-hybridized carbons (Fsp3) is 0.250. The minimum absolute atomic E-state index is 0.0220. The quantitative estimate of drug-likeness (QED) is 0.940. The topological polar surface area (TPSA) is 51.2 Å². The molecule has 2 atom stereocenters. The molecule has 21 heavy (non-hydrogen) atoms. The molecule has 5 heteroatoms. The molecule has 108 valence electrons. The number of hydrogen-bond acceptors (Lipinski definition) is 3. The molecule has 1 heterocycles. The molecule has 1 aromatic carbocycles. The van der Waals surface area contributed by atoms with Crippen molar-refractivity contribution in [1.82, 2.24) is 4.98 Å². The minimum atomic E-state index is -0.0465. The first-order valence-electron chi connectivity index (χ1n) is 6.75. The molecule has 1 fully saturated rings. The van der Waals surface area contributed by atoms with Crippen LogP contribution in [0, 0.1) is 5.92 Å². The Labute approximate surface area is 128 Å². The highest BCUT2D eigenvalue weighted by molar-refractivity contribution is 6.31. The molecular weight excluding hydrogens is 288 g/mol. The van der Waals surface area contributed by atoms with Crippen molar-refractivity contribution in [2.75, 3.05) is 12.4 Å². The number of nitrogens with zero attached hydrogens (tertiary/aromatic N) is 1. The molecule has 1 aliphatic rings. The SMILES string of the molecule is COc1ncccc1NC(=O)[C@H]1C[C@H]1c1ccccc1Cl. The number of ether oxygens (including phenoxy) is 1. The molecule has 0 aliphatic heterocycles. The molecule has 0 radical (unpaired) electrons. The van der Waals surface area contributed by atoms with Crippen molar-refractivity contribution in [3.05, 3.63) is 53.2 Å². The molecule has 0 spiro atoms. The number of rotatable bonds is 4. The van der Waals surface area contributed by atoms with Crippen LogP contribution in [0.15, 0.2) is 42.6 Å². The van der Waals surface area contributed by atoms with Crippen LogP contribution in [0.2, 0.25) is 5.02 Å². The Morgan fingerprint density at radius 2 is 2.14 bits per heavy atom. The second kappa shape index (κ2) is 5.74. The summed E-state index contributed by atoms with van der Waals surface area (Å²) in [6.07, 6.45) is 2.44. The first-order valence-corrected chi connectivity index (χ1v) is 7.13. The Bertz CT molecular complexity index is 675. The molecule has 0 saturated heterocycles. The average Bonchev–Trinajstić information content (AvgIpc) is 3.29. The molecule has 3 rings (SSSR count). The number of aromatic nitrogens is 1. The smallest absolute Gasteiger partial charge is 0.237 e. The van der Waals surface area contributed by atoms with Crippen molar-refractivity contribution in [2.45, 2.75) is 12.3 Å². The third-order valence-electron chi connectivity index (χ3n) is 3.65. The van der Waals surface area contributed by atoms with E-state index in [0.717, 1.165) is 17.0 Å². The van der Waals surface area contributed by atoms with Crippen LogP contribution in [0.3, 0.4) is 0 Å². The number of nitrogens with one attached hydrogen (secondary N) is 1. The van der Waals surface area contributed by atoms with Gasteiger partial charge in [-0.05, 0) is 36.1 Å². The molecule has 2 aromatic rings. The lowest BCUT2D eigenvalue weighted by Gasteiger charge is -2.08. The third-order valence-corrected chi connectivity index (χ3v) is 4.00. The summed E-state index contributed by atoms with van der Waals surface area (Å²) in [5.74, 6) is 0.545. The average molecular weight is 303 g/mol. The van der Waals surface area contributed by atoms with E-state index in [4.69, 9.17) is 16.3 Å². The van der Waals surface area contributed by atoms with E-state index in [0.29, 0.717) is 11.6 Å². The normalized spacial score (nSPS) is 19.9. The van der Waals surface area contributed by atoms with E-state index in [2.05, 4.69) is 10.3 Å². The summed E-state index contributed by atoms with van der Waals surface area (Å²) in [4.78, 5) is 16.4. The largest absolute Gasteiger partial charge is 0.480 e. The lowest BCUT2D eigenvalue weighted by atomic mass is 10.1. The Kier molecular flexibility index (Phi) is 3.80. The number of methoxy groups -OCH3 is 1. The number of halogens is 1. The van der Waals surface area contributed by atoms with Crippen LogP contribution in [-0.4, -0.2) is 18.0 Å². The maximum Gasteiger partial charge on any atom is 0.237 e. The van der Waals surface area contributed by atoms with E-state index in [1.807, 2.05) is 24.3 Å². The number of benzene rings is 1. The number of amides is 1. The molecular formula is C16H15ClN2O2. The highest BCUT2D eigenvalue weighted by atomic mass is 35.5. The Balaban J connectivity index is 1.70. The van der Waals surface area contributed by atoms with Gasteiger partial charge >= 0.3 is 0 Å². The molecule has 0 unspecified atom stereocenters. The fourth-order valence-corrected chi connectivity index (χ4v) is 2.75. The van der Waals surface area contributed by atoms with Gasteiger partial charge in [0.1, 0.15) is 5.69 Å². The predicted molar refractivity (Wildman–Crippen MR) is 81.7 cm³/mol. The van der Waals surface area contributed by atoms with Crippen molar-refractivity contribution in [1.29, 1.82) is 0 Å². The van der Waals surface area contributed by atoms with Gasteiger partial charge in [-0.25, -0.2) is 4.98 Å². The van der Waals surface area contributed by atoms with Gasteiger partial charge in [-0.2, -0.15) is 0 Å². The van der Waals surface area contributed by atoms with E-state index in [1.165, 1.54) is 7.11 Å². The standard InChI is InChI=1S/C16H15ClN2O2/c1-21-16-14(7-4-8-18-16)19-15(20)12-9-11(12)10-5-2-3-6-13(10)17/h2-8,11-12H,9H2,1H3,(H,19,20)/t11-,12-/m0/s1. The van der Waals surface area contributed by atoms with E-state index >= 15 is 0 Å². The number of carbonyl (C=O) groups excluding carboxylic acids is 1. The monoisotopic (exact) mass is 302 g/mol. The van der Waals surface area contributed by atoms with Crippen molar-refractivity contribution < 1.29 is 9.53 Å². The lowest BCUT2D eigenvalue weighted by Crippen LogP contribution is -2.15. The van der Waals surface area contributed by atoms with Gasteiger partial charge in [0.15, 0.2) is 0 Å². The molecule has 1 saturated carbocycles. The van der Waals surface area contributed by atoms with Gasteiger partial charge in [0, 0.05) is 17.1 Å².